The number of sulfonamides is 1. The normalized spacial score (nSPS) is 11.6. The zero-order valence-corrected chi connectivity index (χ0v) is 11.0. The zero-order chi connectivity index (χ0) is 13.0. The first-order valence-corrected chi connectivity index (χ1v) is 7.40. The second-order valence-corrected chi connectivity index (χ2v) is 5.93. The van der Waals surface area contributed by atoms with Crippen molar-refractivity contribution in [2.75, 3.05) is 24.1 Å². The van der Waals surface area contributed by atoms with Crippen LogP contribution < -0.4 is 10.0 Å². The Hall–Kier alpha value is -1.59. The molecule has 2 aromatic rings. The molecule has 0 bridgehead atoms. The fourth-order valence-corrected chi connectivity index (χ4v) is 2.78. The van der Waals surface area contributed by atoms with Gasteiger partial charge in [-0.05, 0) is 30.0 Å². The molecule has 0 saturated carbocycles. The van der Waals surface area contributed by atoms with Crippen LogP contribution in [0.1, 0.15) is 0 Å². The smallest absolute Gasteiger partial charge is 0.233 e. The maximum atomic E-state index is 11.7. The molecule has 4 nitrogen and oxygen atoms in total. The first kappa shape index (κ1) is 12.9. The molecule has 0 amide bonds. The highest BCUT2D eigenvalue weighted by molar-refractivity contribution is 7.92. The highest BCUT2D eigenvalue weighted by atomic mass is 32.2. The van der Waals surface area contributed by atoms with E-state index in [4.69, 9.17) is 0 Å². The number of anilines is 1. The van der Waals surface area contributed by atoms with Crippen LogP contribution in [0, 0.1) is 0 Å². The molecule has 2 N–H and O–H groups in total. The molecule has 0 aromatic heterocycles. The second-order valence-electron chi connectivity index (χ2n) is 4.09. The van der Waals surface area contributed by atoms with E-state index in [2.05, 4.69) is 10.0 Å². The van der Waals surface area contributed by atoms with Crippen LogP contribution in [0.25, 0.3) is 10.8 Å². The molecule has 18 heavy (non-hydrogen) atoms. The van der Waals surface area contributed by atoms with E-state index in [-0.39, 0.29) is 5.75 Å². The van der Waals surface area contributed by atoms with E-state index in [1.165, 1.54) is 0 Å². The number of rotatable bonds is 5. The number of nitrogens with one attached hydrogen (secondary N) is 2. The third-order valence-electron chi connectivity index (χ3n) is 2.64. The van der Waals surface area contributed by atoms with Crippen molar-refractivity contribution in [2.24, 2.45) is 0 Å². The van der Waals surface area contributed by atoms with E-state index in [1.807, 2.05) is 36.4 Å². The lowest BCUT2D eigenvalue weighted by atomic mass is 10.1. The van der Waals surface area contributed by atoms with Crippen LogP contribution in [0.2, 0.25) is 0 Å². The lowest BCUT2D eigenvalue weighted by Gasteiger charge is -2.08. The largest absolute Gasteiger partial charge is 0.319 e. The molecule has 0 aliphatic heterocycles. The van der Waals surface area contributed by atoms with Gasteiger partial charge >= 0.3 is 0 Å². The van der Waals surface area contributed by atoms with Gasteiger partial charge in [0.15, 0.2) is 0 Å². The third-order valence-corrected chi connectivity index (χ3v) is 3.93. The van der Waals surface area contributed by atoms with Gasteiger partial charge in [-0.3, -0.25) is 4.72 Å². The average molecular weight is 264 g/mol. The van der Waals surface area contributed by atoms with Gasteiger partial charge in [-0.25, -0.2) is 8.42 Å². The summed E-state index contributed by atoms with van der Waals surface area (Å²) in [5.74, 6) is 0.0658. The van der Waals surface area contributed by atoms with E-state index in [9.17, 15) is 8.42 Å². The van der Waals surface area contributed by atoms with Crippen LogP contribution in [-0.2, 0) is 10.0 Å². The number of benzene rings is 2. The van der Waals surface area contributed by atoms with Crippen LogP contribution in [0.15, 0.2) is 42.5 Å². The fourth-order valence-electron chi connectivity index (χ4n) is 1.72. The summed E-state index contributed by atoms with van der Waals surface area (Å²) in [5, 5.41) is 4.93. The summed E-state index contributed by atoms with van der Waals surface area (Å²) in [6.07, 6.45) is 0. The summed E-state index contributed by atoms with van der Waals surface area (Å²) in [5.41, 5.74) is 0.602. The average Bonchev–Trinajstić information content (AvgIpc) is 2.36. The highest BCUT2D eigenvalue weighted by Gasteiger charge is 2.09. The molecule has 0 heterocycles. The molecule has 5 heteroatoms. The lowest BCUT2D eigenvalue weighted by molar-refractivity contribution is 0.599. The molecule has 2 aromatic carbocycles. The van der Waals surface area contributed by atoms with Gasteiger partial charge in [0.25, 0.3) is 0 Å². The molecule has 0 radical (unpaired) electrons. The second kappa shape index (κ2) is 5.37. The third kappa shape index (κ3) is 3.21. The van der Waals surface area contributed by atoms with Gasteiger partial charge in [0.1, 0.15) is 0 Å². The number of hydrogen-bond acceptors (Lipinski definition) is 3. The van der Waals surface area contributed by atoms with Crippen molar-refractivity contribution in [3.8, 4) is 0 Å². The molecule has 0 aliphatic carbocycles. The van der Waals surface area contributed by atoms with Crippen molar-refractivity contribution in [2.45, 2.75) is 0 Å². The zero-order valence-electron chi connectivity index (χ0n) is 10.2. The summed E-state index contributed by atoms with van der Waals surface area (Å²) in [7, 11) is -1.55. The van der Waals surface area contributed by atoms with E-state index < -0.39 is 10.0 Å². The fraction of sp³-hybridized carbons (Fsp3) is 0.231. The summed E-state index contributed by atoms with van der Waals surface area (Å²) in [6.45, 7) is 0.433. The molecular formula is C13H16N2O2S. The quantitative estimate of drug-likeness (QED) is 0.865. The van der Waals surface area contributed by atoms with Crippen molar-refractivity contribution >= 4 is 26.5 Å². The topological polar surface area (TPSA) is 58.2 Å². The van der Waals surface area contributed by atoms with Crippen molar-refractivity contribution in [1.29, 1.82) is 0 Å². The van der Waals surface area contributed by atoms with Gasteiger partial charge in [-0.15, -0.1) is 0 Å². The minimum absolute atomic E-state index is 0.0658. The minimum Gasteiger partial charge on any atom is -0.319 e. The maximum absolute atomic E-state index is 11.7. The van der Waals surface area contributed by atoms with Gasteiger partial charge in [-0.1, -0.05) is 30.3 Å². The van der Waals surface area contributed by atoms with E-state index in [0.717, 1.165) is 10.8 Å². The summed E-state index contributed by atoms with van der Waals surface area (Å²) >= 11 is 0. The van der Waals surface area contributed by atoms with Crippen LogP contribution in [0.4, 0.5) is 5.69 Å². The van der Waals surface area contributed by atoms with Crippen molar-refractivity contribution in [1.82, 2.24) is 5.32 Å². The van der Waals surface area contributed by atoms with Crippen LogP contribution in [0.3, 0.4) is 0 Å². The van der Waals surface area contributed by atoms with Crippen molar-refractivity contribution < 1.29 is 8.42 Å². The molecule has 96 valence electrons. The maximum Gasteiger partial charge on any atom is 0.233 e. The Balaban J connectivity index is 2.22. The van der Waals surface area contributed by atoms with Gasteiger partial charge in [0, 0.05) is 12.2 Å². The molecule has 0 fully saturated rings. The first-order valence-electron chi connectivity index (χ1n) is 5.75. The summed E-state index contributed by atoms with van der Waals surface area (Å²) in [6, 6.07) is 13.4. The molecule has 0 unspecified atom stereocenters. The Morgan fingerprint density at radius 1 is 1.06 bits per heavy atom. The molecule has 0 saturated heterocycles. The number of fused-ring (bicyclic) bond motifs is 1. The predicted octanol–water partition coefficient (Wildman–Crippen LogP) is 1.80. The standard InChI is InChI=1S/C13H16N2O2S/c1-14-8-9-18(16,17)15-13-7-6-11-4-2-3-5-12(11)10-13/h2-7,10,14-15H,8-9H2,1H3. The highest BCUT2D eigenvalue weighted by Crippen LogP contribution is 2.19. The number of hydrogen-bond donors (Lipinski definition) is 2. The van der Waals surface area contributed by atoms with Crippen LogP contribution >= 0.6 is 0 Å². The van der Waals surface area contributed by atoms with Gasteiger partial charge in [0.2, 0.25) is 10.0 Å². The molecule has 0 atom stereocenters. The van der Waals surface area contributed by atoms with Crippen molar-refractivity contribution in [3.63, 3.8) is 0 Å². The van der Waals surface area contributed by atoms with Crippen LogP contribution in [-0.4, -0.2) is 27.8 Å². The lowest BCUT2D eigenvalue weighted by Crippen LogP contribution is -2.24. The molecular weight excluding hydrogens is 248 g/mol. The van der Waals surface area contributed by atoms with Gasteiger partial charge in [-0.2, -0.15) is 0 Å². The van der Waals surface area contributed by atoms with E-state index in [0.29, 0.717) is 12.2 Å². The SMILES string of the molecule is CNCCS(=O)(=O)Nc1ccc2ccccc2c1. The Morgan fingerprint density at radius 3 is 2.50 bits per heavy atom. The Labute approximate surface area is 107 Å². The predicted molar refractivity (Wildman–Crippen MR) is 75.3 cm³/mol. The summed E-state index contributed by atoms with van der Waals surface area (Å²) in [4.78, 5) is 0. The van der Waals surface area contributed by atoms with Gasteiger partial charge < -0.3 is 5.32 Å². The van der Waals surface area contributed by atoms with E-state index >= 15 is 0 Å². The Bertz CT molecular complexity index is 638. The minimum atomic E-state index is -3.28. The molecule has 0 spiro atoms. The Kier molecular flexibility index (Phi) is 3.84. The first-order chi connectivity index (χ1) is 8.61. The summed E-state index contributed by atoms with van der Waals surface area (Å²) < 4.78 is 26.1. The molecule has 0 aliphatic rings. The van der Waals surface area contributed by atoms with Gasteiger partial charge in [0.05, 0.1) is 5.75 Å². The van der Waals surface area contributed by atoms with Crippen LogP contribution in [0.5, 0.6) is 0 Å². The monoisotopic (exact) mass is 264 g/mol. The Morgan fingerprint density at radius 2 is 1.78 bits per heavy atom. The van der Waals surface area contributed by atoms with Crippen molar-refractivity contribution in [3.05, 3.63) is 42.5 Å². The van der Waals surface area contributed by atoms with E-state index in [1.54, 1.807) is 13.1 Å². The molecule has 2 rings (SSSR count).